The minimum atomic E-state index is -0.350. The van der Waals surface area contributed by atoms with Gasteiger partial charge in [-0.15, -0.1) is 0 Å². The Morgan fingerprint density at radius 2 is 1.81 bits per heavy atom. The van der Waals surface area contributed by atoms with Crippen LogP contribution >= 0.6 is 11.6 Å². The first-order valence-corrected chi connectivity index (χ1v) is 9.44. The highest BCUT2D eigenvalue weighted by Crippen LogP contribution is 2.21. The maximum Gasteiger partial charge on any atom is 0.338 e. The predicted octanol–water partition coefficient (Wildman–Crippen LogP) is 4.59. The van der Waals surface area contributed by atoms with Gasteiger partial charge < -0.3 is 15.4 Å². The van der Waals surface area contributed by atoms with Crippen LogP contribution in [-0.4, -0.2) is 25.0 Å². The number of hydrogen-bond acceptors (Lipinski definition) is 4. The number of rotatable bonds is 9. The van der Waals surface area contributed by atoms with Gasteiger partial charge in [0, 0.05) is 16.8 Å². The molecule has 0 aliphatic heterocycles. The van der Waals surface area contributed by atoms with Crippen LogP contribution in [-0.2, 0) is 9.53 Å². The normalized spacial score (nSPS) is 11.7. The number of unbranched alkanes of at least 4 members (excludes halogenated alkanes) is 1. The molecule has 1 amide bonds. The molecule has 0 radical (unpaired) electrons. The average molecular weight is 389 g/mol. The standard InChI is InChI=1S/C21H25ClN2O3/c1-3-4-13-27-21(26)16-9-11-17(12-10-16)24-20(25)14-23-15(2)18-7-5-6-8-19(18)22/h5-12,15,23H,3-4,13-14H2,1-2H3,(H,24,25)/t15-/m0/s1. The van der Waals surface area contributed by atoms with Gasteiger partial charge in [-0.1, -0.05) is 43.1 Å². The smallest absolute Gasteiger partial charge is 0.338 e. The van der Waals surface area contributed by atoms with Gasteiger partial charge in [-0.25, -0.2) is 4.79 Å². The number of anilines is 1. The second-order valence-electron chi connectivity index (χ2n) is 6.24. The third-order valence-corrected chi connectivity index (χ3v) is 4.42. The lowest BCUT2D eigenvalue weighted by atomic mass is 10.1. The van der Waals surface area contributed by atoms with E-state index in [-0.39, 0.29) is 24.5 Å². The molecule has 0 aliphatic carbocycles. The highest BCUT2D eigenvalue weighted by atomic mass is 35.5. The van der Waals surface area contributed by atoms with E-state index < -0.39 is 0 Å². The van der Waals surface area contributed by atoms with Crippen molar-refractivity contribution >= 4 is 29.2 Å². The second kappa shape index (κ2) is 10.7. The predicted molar refractivity (Wildman–Crippen MR) is 108 cm³/mol. The fourth-order valence-corrected chi connectivity index (χ4v) is 2.77. The molecule has 2 aromatic rings. The lowest BCUT2D eigenvalue weighted by Gasteiger charge is -2.15. The van der Waals surface area contributed by atoms with Crippen LogP contribution in [0.25, 0.3) is 0 Å². The Morgan fingerprint density at radius 1 is 1.11 bits per heavy atom. The van der Waals surface area contributed by atoms with Crippen LogP contribution in [0.2, 0.25) is 5.02 Å². The summed E-state index contributed by atoms with van der Waals surface area (Å²) in [5.74, 6) is -0.524. The molecule has 2 rings (SSSR count). The molecule has 6 heteroatoms. The van der Waals surface area contributed by atoms with Crippen LogP contribution in [0.4, 0.5) is 5.69 Å². The fourth-order valence-electron chi connectivity index (χ4n) is 2.47. The summed E-state index contributed by atoms with van der Waals surface area (Å²) < 4.78 is 5.16. The lowest BCUT2D eigenvalue weighted by Crippen LogP contribution is -2.30. The minimum absolute atomic E-state index is 0.0512. The van der Waals surface area contributed by atoms with E-state index in [2.05, 4.69) is 10.6 Å². The summed E-state index contributed by atoms with van der Waals surface area (Å²) in [4.78, 5) is 24.0. The van der Waals surface area contributed by atoms with E-state index in [9.17, 15) is 9.59 Å². The molecule has 144 valence electrons. The molecule has 5 nitrogen and oxygen atoms in total. The van der Waals surface area contributed by atoms with Gasteiger partial charge in [0.2, 0.25) is 5.91 Å². The first-order valence-electron chi connectivity index (χ1n) is 9.06. The summed E-state index contributed by atoms with van der Waals surface area (Å²) in [6.45, 7) is 4.55. The number of ether oxygens (including phenoxy) is 1. The number of nitrogens with one attached hydrogen (secondary N) is 2. The number of carbonyl (C=O) groups excluding carboxylic acids is 2. The Labute approximate surface area is 165 Å². The largest absolute Gasteiger partial charge is 0.462 e. The van der Waals surface area contributed by atoms with Crippen LogP contribution in [0.5, 0.6) is 0 Å². The minimum Gasteiger partial charge on any atom is -0.462 e. The third-order valence-electron chi connectivity index (χ3n) is 4.08. The number of carbonyl (C=O) groups is 2. The zero-order valence-electron chi connectivity index (χ0n) is 15.6. The van der Waals surface area contributed by atoms with E-state index in [1.165, 1.54) is 0 Å². The molecular weight excluding hydrogens is 364 g/mol. The van der Waals surface area contributed by atoms with Gasteiger partial charge in [0.25, 0.3) is 0 Å². The van der Waals surface area contributed by atoms with E-state index in [0.717, 1.165) is 18.4 Å². The summed E-state index contributed by atoms with van der Waals surface area (Å²) in [6.07, 6.45) is 1.82. The van der Waals surface area contributed by atoms with Crippen LogP contribution in [0, 0.1) is 0 Å². The quantitative estimate of drug-likeness (QED) is 0.487. The molecule has 0 spiro atoms. The zero-order valence-corrected chi connectivity index (χ0v) is 16.4. The molecule has 0 aliphatic rings. The van der Waals surface area contributed by atoms with Crippen molar-refractivity contribution in [2.75, 3.05) is 18.5 Å². The molecule has 0 saturated carbocycles. The highest BCUT2D eigenvalue weighted by Gasteiger charge is 2.11. The van der Waals surface area contributed by atoms with Crippen molar-refractivity contribution in [2.45, 2.75) is 32.7 Å². The molecule has 1 atom stereocenters. The molecule has 0 unspecified atom stereocenters. The van der Waals surface area contributed by atoms with E-state index in [0.29, 0.717) is 22.9 Å². The summed E-state index contributed by atoms with van der Waals surface area (Å²) in [6, 6.07) is 14.1. The molecule has 0 bridgehead atoms. The van der Waals surface area contributed by atoms with Crippen LogP contribution in [0.3, 0.4) is 0 Å². The topological polar surface area (TPSA) is 67.4 Å². The second-order valence-corrected chi connectivity index (χ2v) is 6.65. The zero-order chi connectivity index (χ0) is 19.6. The number of benzene rings is 2. The van der Waals surface area contributed by atoms with Crippen molar-refractivity contribution in [3.8, 4) is 0 Å². The Balaban J connectivity index is 1.82. The van der Waals surface area contributed by atoms with Crippen LogP contribution in [0.15, 0.2) is 48.5 Å². The monoisotopic (exact) mass is 388 g/mol. The summed E-state index contributed by atoms with van der Waals surface area (Å²) in [5, 5.41) is 6.61. The Morgan fingerprint density at radius 3 is 2.48 bits per heavy atom. The van der Waals surface area contributed by atoms with Gasteiger partial charge in [-0.05, 0) is 49.2 Å². The third kappa shape index (κ3) is 6.70. The van der Waals surface area contributed by atoms with Crippen molar-refractivity contribution in [3.63, 3.8) is 0 Å². The molecule has 0 aromatic heterocycles. The first-order chi connectivity index (χ1) is 13.0. The van der Waals surface area contributed by atoms with E-state index >= 15 is 0 Å². The molecule has 0 saturated heterocycles. The van der Waals surface area contributed by atoms with E-state index in [1.54, 1.807) is 24.3 Å². The number of esters is 1. The molecule has 2 aromatic carbocycles. The maximum absolute atomic E-state index is 12.1. The number of hydrogen-bond donors (Lipinski definition) is 2. The molecule has 27 heavy (non-hydrogen) atoms. The van der Waals surface area contributed by atoms with Gasteiger partial charge in [-0.3, -0.25) is 4.79 Å². The molecule has 2 N–H and O–H groups in total. The summed E-state index contributed by atoms with van der Waals surface area (Å²) >= 11 is 6.17. The summed E-state index contributed by atoms with van der Waals surface area (Å²) in [7, 11) is 0. The van der Waals surface area contributed by atoms with Gasteiger partial charge in [0.1, 0.15) is 0 Å². The highest BCUT2D eigenvalue weighted by molar-refractivity contribution is 6.31. The lowest BCUT2D eigenvalue weighted by molar-refractivity contribution is -0.115. The van der Waals surface area contributed by atoms with Crippen molar-refractivity contribution < 1.29 is 14.3 Å². The van der Waals surface area contributed by atoms with Crippen molar-refractivity contribution in [2.24, 2.45) is 0 Å². The number of halogens is 1. The Bertz CT molecular complexity index is 762. The van der Waals surface area contributed by atoms with Gasteiger partial charge >= 0.3 is 5.97 Å². The van der Waals surface area contributed by atoms with Crippen molar-refractivity contribution in [1.82, 2.24) is 5.32 Å². The van der Waals surface area contributed by atoms with Crippen LogP contribution < -0.4 is 10.6 Å². The average Bonchev–Trinajstić information content (AvgIpc) is 2.67. The SMILES string of the molecule is CCCCOC(=O)c1ccc(NC(=O)CN[C@@H](C)c2ccccc2Cl)cc1. The van der Waals surface area contributed by atoms with E-state index in [4.69, 9.17) is 16.3 Å². The van der Waals surface area contributed by atoms with Crippen molar-refractivity contribution in [3.05, 3.63) is 64.7 Å². The molecular formula is C21H25ClN2O3. The van der Waals surface area contributed by atoms with Crippen LogP contribution in [0.1, 0.15) is 48.7 Å². The van der Waals surface area contributed by atoms with Gasteiger partial charge in [-0.2, -0.15) is 0 Å². The maximum atomic E-state index is 12.1. The van der Waals surface area contributed by atoms with E-state index in [1.807, 2.05) is 38.1 Å². The number of amides is 1. The Hall–Kier alpha value is -2.37. The molecule has 0 heterocycles. The summed E-state index contributed by atoms with van der Waals surface area (Å²) in [5.41, 5.74) is 2.03. The molecule has 0 fully saturated rings. The van der Waals surface area contributed by atoms with Gasteiger partial charge in [0.05, 0.1) is 18.7 Å². The van der Waals surface area contributed by atoms with Gasteiger partial charge in [0.15, 0.2) is 0 Å². The van der Waals surface area contributed by atoms with Crippen molar-refractivity contribution in [1.29, 1.82) is 0 Å². The first kappa shape index (κ1) is 20.9. The fraction of sp³-hybridized carbons (Fsp3) is 0.333. The Kier molecular flexibility index (Phi) is 8.30.